The first-order valence-electron chi connectivity index (χ1n) is 6.19. The molecule has 8 nitrogen and oxygen atoms in total. The van der Waals surface area contributed by atoms with Crippen LogP contribution < -0.4 is 0 Å². The molecule has 2 atom stereocenters. The van der Waals surface area contributed by atoms with E-state index in [9.17, 15) is 19.2 Å². The fraction of sp³-hybridized carbons (Fsp3) is 0.429. The van der Waals surface area contributed by atoms with E-state index in [-0.39, 0.29) is 32.7 Å². The molecule has 126 valence electrons. The third-order valence-corrected chi connectivity index (χ3v) is 2.13. The second kappa shape index (κ2) is 14.9. The van der Waals surface area contributed by atoms with Crippen molar-refractivity contribution in [3.05, 3.63) is 25.3 Å². The number of carboxylic acid groups (broad SMARTS) is 2. The van der Waals surface area contributed by atoms with Gasteiger partial charge in [0.05, 0.1) is 11.8 Å². The first-order valence-corrected chi connectivity index (χ1v) is 6.19. The number of carboxylic acids is 2. The van der Waals surface area contributed by atoms with Gasteiger partial charge in [-0.05, 0) is 13.8 Å². The van der Waals surface area contributed by atoms with E-state index in [4.69, 9.17) is 10.2 Å². The Bertz CT molecular complexity index is 392. The van der Waals surface area contributed by atoms with Crippen LogP contribution in [-0.4, -0.2) is 47.3 Å². The predicted molar refractivity (Wildman–Crippen MR) is 75.9 cm³/mol. The van der Waals surface area contributed by atoms with Crippen LogP contribution in [0.15, 0.2) is 25.3 Å². The summed E-state index contributed by atoms with van der Waals surface area (Å²) in [5.74, 6) is -4.50. The number of aliphatic carboxylic acids is 2. The van der Waals surface area contributed by atoms with E-state index in [1.54, 1.807) is 0 Å². The van der Waals surface area contributed by atoms with Crippen molar-refractivity contribution in [2.45, 2.75) is 13.8 Å². The molecular weight excluding hydrogens is 362 g/mol. The average Bonchev–Trinajstić information content (AvgIpc) is 2.49. The Balaban J connectivity index is -0.000000333. The standard InChI is InChI=1S/2C7H10O4.Zn/c2*1-3-6(8)11-4-5(2)7(9)10;/h2*3,5H,1,4H2,2H3,(H,9,10);. The molecule has 0 saturated heterocycles. The van der Waals surface area contributed by atoms with Crippen LogP contribution >= 0.6 is 0 Å². The summed E-state index contributed by atoms with van der Waals surface area (Å²) in [6.45, 7) is 9.02. The van der Waals surface area contributed by atoms with Crippen LogP contribution in [0.1, 0.15) is 13.8 Å². The molecule has 9 heteroatoms. The molecule has 0 aromatic carbocycles. The van der Waals surface area contributed by atoms with Crippen LogP contribution in [0.2, 0.25) is 0 Å². The van der Waals surface area contributed by atoms with Crippen molar-refractivity contribution in [2.24, 2.45) is 11.8 Å². The average molecular weight is 382 g/mol. The van der Waals surface area contributed by atoms with Crippen molar-refractivity contribution >= 4 is 23.9 Å². The van der Waals surface area contributed by atoms with Gasteiger partial charge in [0.1, 0.15) is 13.2 Å². The van der Waals surface area contributed by atoms with Gasteiger partial charge in [0.25, 0.3) is 0 Å². The summed E-state index contributed by atoms with van der Waals surface area (Å²) >= 11 is 0. The number of rotatable bonds is 8. The zero-order chi connectivity index (χ0) is 17.7. The normalized spacial score (nSPS) is 11.2. The summed E-state index contributed by atoms with van der Waals surface area (Å²) in [7, 11) is 0. The molecule has 0 amide bonds. The first kappa shape index (κ1) is 25.9. The maximum absolute atomic E-state index is 10.4. The van der Waals surface area contributed by atoms with Gasteiger partial charge in [0.2, 0.25) is 0 Å². The van der Waals surface area contributed by atoms with Gasteiger partial charge in [-0.2, -0.15) is 0 Å². The minimum atomic E-state index is -0.984. The van der Waals surface area contributed by atoms with Crippen LogP contribution in [-0.2, 0) is 48.1 Å². The van der Waals surface area contributed by atoms with Gasteiger partial charge in [-0.3, -0.25) is 9.59 Å². The monoisotopic (exact) mass is 380 g/mol. The quantitative estimate of drug-likeness (QED) is 0.360. The second-order valence-electron chi connectivity index (χ2n) is 4.15. The fourth-order valence-corrected chi connectivity index (χ4v) is 0.675. The topological polar surface area (TPSA) is 127 Å². The van der Waals surface area contributed by atoms with E-state index >= 15 is 0 Å². The molecule has 0 aliphatic rings. The van der Waals surface area contributed by atoms with Gasteiger partial charge < -0.3 is 19.7 Å². The van der Waals surface area contributed by atoms with Crippen molar-refractivity contribution < 1.29 is 58.3 Å². The van der Waals surface area contributed by atoms with Crippen LogP contribution in [0.3, 0.4) is 0 Å². The number of ether oxygens (including phenoxy) is 2. The van der Waals surface area contributed by atoms with Gasteiger partial charge in [0.15, 0.2) is 0 Å². The minimum absolute atomic E-state index is 0. The molecule has 2 unspecified atom stereocenters. The molecule has 0 rings (SSSR count). The zero-order valence-electron chi connectivity index (χ0n) is 13.2. The molecule has 0 radical (unpaired) electrons. The van der Waals surface area contributed by atoms with Gasteiger partial charge >= 0.3 is 23.9 Å². The van der Waals surface area contributed by atoms with E-state index < -0.39 is 35.7 Å². The molecular formula is C14H20O8Zn. The molecule has 0 saturated carbocycles. The smallest absolute Gasteiger partial charge is 0.330 e. The molecule has 0 spiro atoms. The Morgan fingerprint density at radius 1 is 0.870 bits per heavy atom. The number of hydrogen-bond donors (Lipinski definition) is 2. The van der Waals surface area contributed by atoms with Gasteiger partial charge in [-0.1, -0.05) is 13.2 Å². The molecule has 0 aromatic rings. The van der Waals surface area contributed by atoms with E-state index in [1.165, 1.54) is 13.8 Å². The van der Waals surface area contributed by atoms with Crippen molar-refractivity contribution in [3.63, 3.8) is 0 Å². The van der Waals surface area contributed by atoms with Crippen LogP contribution in [0, 0.1) is 11.8 Å². The first-order chi connectivity index (χ1) is 10.1. The summed E-state index contributed by atoms with van der Waals surface area (Å²) < 4.78 is 8.95. The maximum atomic E-state index is 10.4. The molecule has 0 aromatic heterocycles. The van der Waals surface area contributed by atoms with Crippen molar-refractivity contribution in [1.82, 2.24) is 0 Å². The molecule has 0 bridgehead atoms. The summed E-state index contributed by atoms with van der Waals surface area (Å²) in [5.41, 5.74) is 0. The van der Waals surface area contributed by atoms with Crippen LogP contribution in [0.25, 0.3) is 0 Å². The summed E-state index contributed by atoms with van der Waals surface area (Å²) in [6, 6.07) is 0. The number of hydrogen-bond acceptors (Lipinski definition) is 6. The second-order valence-corrected chi connectivity index (χ2v) is 4.15. The van der Waals surface area contributed by atoms with E-state index in [2.05, 4.69) is 22.6 Å². The third-order valence-electron chi connectivity index (χ3n) is 2.13. The fourth-order valence-electron chi connectivity index (χ4n) is 0.675. The van der Waals surface area contributed by atoms with Gasteiger partial charge in [-0.15, -0.1) is 0 Å². The van der Waals surface area contributed by atoms with Gasteiger partial charge in [0, 0.05) is 31.6 Å². The molecule has 23 heavy (non-hydrogen) atoms. The Hall–Kier alpha value is -2.02. The Kier molecular flexibility index (Phi) is 16.8. The Labute approximate surface area is 146 Å². The van der Waals surface area contributed by atoms with Crippen LogP contribution in [0.5, 0.6) is 0 Å². The van der Waals surface area contributed by atoms with Crippen molar-refractivity contribution in [1.29, 1.82) is 0 Å². The summed E-state index contributed by atoms with van der Waals surface area (Å²) in [6.07, 6.45) is 1.99. The largest absolute Gasteiger partial charge is 0.481 e. The Morgan fingerprint density at radius 3 is 1.30 bits per heavy atom. The predicted octanol–water partition coefficient (Wildman–Crippen LogP) is 0.870. The van der Waals surface area contributed by atoms with E-state index in [1.807, 2.05) is 0 Å². The summed E-state index contributed by atoms with van der Waals surface area (Å²) in [4.78, 5) is 41.2. The van der Waals surface area contributed by atoms with E-state index in [0.29, 0.717) is 0 Å². The minimum Gasteiger partial charge on any atom is -0.481 e. The maximum Gasteiger partial charge on any atom is 0.330 e. The molecule has 0 aliphatic heterocycles. The molecule has 0 aliphatic carbocycles. The number of carbonyl (C=O) groups excluding carboxylic acids is 2. The third kappa shape index (κ3) is 16.2. The zero-order valence-corrected chi connectivity index (χ0v) is 16.2. The van der Waals surface area contributed by atoms with Crippen molar-refractivity contribution in [2.75, 3.05) is 13.2 Å². The van der Waals surface area contributed by atoms with Crippen molar-refractivity contribution in [3.8, 4) is 0 Å². The molecule has 2 N–H and O–H groups in total. The Morgan fingerprint density at radius 2 is 1.13 bits per heavy atom. The number of esters is 2. The SMILES string of the molecule is C=CC(=O)OCC(C)C(=O)O.C=CC(=O)OCC(C)C(=O)O.[Zn]. The van der Waals surface area contributed by atoms with E-state index in [0.717, 1.165) is 12.2 Å². The van der Waals surface area contributed by atoms with Crippen LogP contribution in [0.4, 0.5) is 0 Å². The summed E-state index contributed by atoms with van der Waals surface area (Å²) in [5, 5.41) is 16.7. The number of carbonyl (C=O) groups is 4. The van der Waals surface area contributed by atoms with Gasteiger partial charge in [-0.25, -0.2) is 9.59 Å². The molecule has 0 fully saturated rings. The molecule has 0 heterocycles.